The molecule has 0 radical (unpaired) electrons. The first-order valence-electron chi connectivity index (χ1n) is 6.17. The Hall–Kier alpha value is -1.33. The molecule has 1 unspecified atom stereocenters. The van der Waals surface area contributed by atoms with Gasteiger partial charge in [-0.2, -0.15) is 0 Å². The Morgan fingerprint density at radius 3 is 2.55 bits per heavy atom. The number of aromatic nitrogens is 2. The molecule has 0 aliphatic carbocycles. The Bertz CT molecular complexity index is 694. The van der Waals surface area contributed by atoms with Crippen LogP contribution in [0.2, 0.25) is 0 Å². The van der Waals surface area contributed by atoms with Crippen molar-refractivity contribution in [1.29, 1.82) is 0 Å². The highest BCUT2D eigenvalue weighted by Crippen LogP contribution is 2.41. The summed E-state index contributed by atoms with van der Waals surface area (Å²) >= 11 is 0. The maximum absolute atomic E-state index is 11.7. The Morgan fingerprint density at radius 1 is 1.36 bits per heavy atom. The molecule has 1 aromatic rings. The van der Waals surface area contributed by atoms with Crippen molar-refractivity contribution in [3.8, 4) is 0 Å². The number of hydrogen-bond donors (Lipinski definition) is 5. The second-order valence-corrected chi connectivity index (χ2v) is 5.98. The zero-order chi connectivity index (χ0) is 16.7. The van der Waals surface area contributed by atoms with E-state index in [1.807, 2.05) is 4.98 Å². The highest BCUT2D eigenvalue weighted by atomic mass is 31.2. The molecular weight excluding hydrogens is 323 g/mol. The lowest BCUT2D eigenvalue weighted by Gasteiger charge is -2.22. The Morgan fingerprint density at radius 2 is 2.00 bits per heavy atom. The van der Waals surface area contributed by atoms with Gasteiger partial charge < -0.3 is 24.7 Å². The number of aliphatic hydroxyl groups excluding tert-OH is 2. The minimum absolute atomic E-state index is 0.649. The maximum Gasteiger partial charge on any atom is 0.469 e. The molecule has 1 aliphatic rings. The van der Waals surface area contributed by atoms with Gasteiger partial charge in [0, 0.05) is 12.3 Å². The van der Waals surface area contributed by atoms with Crippen molar-refractivity contribution in [2.45, 2.75) is 37.6 Å². The molecule has 5 N–H and O–H groups in total. The molecule has 1 aromatic heterocycles. The van der Waals surface area contributed by atoms with Gasteiger partial charge in [-0.1, -0.05) is 0 Å². The number of aliphatic hydroxyl groups is 2. The molecule has 5 atom stereocenters. The van der Waals surface area contributed by atoms with Crippen LogP contribution in [0.5, 0.6) is 0 Å². The number of nitrogens with zero attached hydrogens (tertiary/aromatic N) is 1. The zero-order valence-corrected chi connectivity index (χ0v) is 12.2. The van der Waals surface area contributed by atoms with Crippen LogP contribution < -0.4 is 11.2 Å². The fourth-order valence-electron chi connectivity index (χ4n) is 2.21. The minimum Gasteiger partial charge on any atom is -0.387 e. The number of aromatic amines is 1. The highest BCUT2D eigenvalue weighted by Gasteiger charge is 2.47. The van der Waals surface area contributed by atoms with Gasteiger partial charge in [-0.25, -0.2) is 9.36 Å². The van der Waals surface area contributed by atoms with Crippen LogP contribution in [0.15, 0.2) is 21.9 Å². The van der Waals surface area contributed by atoms with Crippen LogP contribution in [0.1, 0.15) is 13.2 Å². The first-order chi connectivity index (χ1) is 10.1. The van der Waals surface area contributed by atoms with Gasteiger partial charge in [0.25, 0.3) is 5.56 Å². The summed E-state index contributed by atoms with van der Waals surface area (Å²) in [6.07, 6.45) is -5.92. The van der Waals surface area contributed by atoms with Crippen LogP contribution >= 0.6 is 7.82 Å². The molecule has 0 aromatic carbocycles. The summed E-state index contributed by atoms with van der Waals surface area (Å²) < 4.78 is 21.3. The van der Waals surface area contributed by atoms with Gasteiger partial charge in [0.05, 0.1) is 6.10 Å². The van der Waals surface area contributed by atoms with Crippen molar-refractivity contribution in [3.05, 3.63) is 33.1 Å². The summed E-state index contributed by atoms with van der Waals surface area (Å²) in [5.74, 6) is 0. The third-order valence-electron chi connectivity index (χ3n) is 3.17. The van der Waals surface area contributed by atoms with Crippen molar-refractivity contribution in [3.63, 3.8) is 0 Å². The molecular formula is C10H15N2O9P. The minimum atomic E-state index is -4.82. The summed E-state index contributed by atoms with van der Waals surface area (Å²) in [4.78, 5) is 42.1. The highest BCUT2D eigenvalue weighted by molar-refractivity contribution is 7.46. The van der Waals surface area contributed by atoms with E-state index in [2.05, 4.69) is 4.52 Å². The smallest absolute Gasteiger partial charge is 0.387 e. The van der Waals surface area contributed by atoms with E-state index in [0.717, 1.165) is 16.8 Å². The van der Waals surface area contributed by atoms with Gasteiger partial charge in [0.1, 0.15) is 18.3 Å². The second-order valence-electron chi connectivity index (χ2n) is 4.79. The summed E-state index contributed by atoms with van der Waals surface area (Å²) in [6, 6.07) is 1.02. The van der Waals surface area contributed by atoms with Gasteiger partial charge >= 0.3 is 13.5 Å². The van der Waals surface area contributed by atoms with E-state index in [4.69, 9.17) is 14.5 Å². The summed E-state index contributed by atoms with van der Waals surface area (Å²) in [5.41, 5.74) is -1.52. The fraction of sp³-hybridized carbons (Fsp3) is 0.600. The molecule has 1 aliphatic heterocycles. The average Bonchev–Trinajstić information content (AvgIpc) is 2.65. The number of rotatable bonds is 4. The van der Waals surface area contributed by atoms with Crippen LogP contribution in [0, 0.1) is 0 Å². The molecule has 2 heterocycles. The standard InChI is InChI=1S/C10H15N2O9P/c1-4(21-22(17,18)19)8-6(14)7(15)9(20-8)12-3-2-5(13)11-10(12)16/h2-4,6-9,14-15H,1H3,(H,11,13,16)(H2,17,18,19)/t4?,6-,7+,8+,9+/m0/s1. The van der Waals surface area contributed by atoms with E-state index in [1.54, 1.807) is 0 Å². The van der Waals surface area contributed by atoms with E-state index < -0.39 is 49.7 Å². The fourth-order valence-corrected chi connectivity index (χ4v) is 2.76. The molecule has 0 bridgehead atoms. The Balaban J connectivity index is 2.25. The van der Waals surface area contributed by atoms with Crippen LogP contribution in [-0.2, 0) is 13.8 Å². The normalized spacial score (nSPS) is 30.4. The monoisotopic (exact) mass is 338 g/mol. The van der Waals surface area contributed by atoms with Crippen LogP contribution in [-0.4, -0.2) is 54.0 Å². The van der Waals surface area contributed by atoms with Crippen LogP contribution in [0.25, 0.3) is 0 Å². The van der Waals surface area contributed by atoms with Gasteiger partial charge in [0.15, 0.2) is 6.23 Å². The van der Waals surface area contributed by atoms with Crippen molar-refractivity contribution in [2.24, 2.45) is 0 Å². The van der Waals surface area contributed by atoms with E-state index >= 15 is 0 Å². The number of phosphoric ester groups is 1. The molecule has 2 rings (SSSR count). The first kappa shape index (κ1) is 17.0. The largest absolute Gasteiger partial charge is 0.469 e. The van der Waals surface area contributed by atoms with Gasteiger partial charge in [-0.05, 0) is 6.92 Å². The number of nitrogens with one attached hydrogen (secondary N) is 1. The Labute approximate surface area is 123 Å². The number of phosphoric acid groups is 1. The predicted molar refractivity (Wildman–Crippen MR) is 69.8 cm³/mol. The molecule has 0 amide bonds. The molecule has 0 spiro atoms. The average molecular weight is 338 g/mol. The van der Waals surface area contributed by atoms with Crippen LogP contribution in [0.3, 0.4) is 0 Å². The van der Waals surface area contributed by atoms with Gasteiger partial charge in [-0.3, -0.25) is 18.9 Å². The zero-order valence-electron chi connectivity index (χ0n) is 11.3. The third kappa shape index (κ3) is 3.52. The second kappa shape index (κ2) is 6.05. The first-order valence-corrected chi connectivity index (χ1v) is 7.70. The molecule has 11 nitrogen and oxygen atoms in total. The molecule has 12 heteroatoms. The van der Waals surface area contributed by atoms with Crippen molar-refractivity contribution < 1.29 is 33.8 Å². The molecule has 0 saturated carbocycles. The lowest BCUT2D eigenvalue weighted by atomic mass is 10.1. The van der Waals surface area contributed by atoms with E-state index in [9.17, 15) is 24.4 Å². The van der Waals surface area contributed by atoms with E-state index in [1.165, 1.54) is 6.92 Å². The van der Waals surface area contributed by atoms with Crippen molar-refractivity contribution >= 4 is 7.82 Å². The lowest BCUT2D eigenvalue weighted by molar-refractivity contribution is -0.0783. The van der Waals surface area contributed by atoms with Gasteiger partial charge in [0.2, 0.25) is 0 Å². The predicted octanol–water partition coefficient (Wildman–Crippen LogP) is -2.35. The summed E-state index contributed by atoms with van der Waals surface area (Å²) in [7, 11) is -4.82. The lowest BCUT2D eigenvalue weighted by Crippen LogP contribution is -2.39. The summed E-state index contributed by atoms with van der Waals surface area (Å²) in [5, 5.41) is 19.9. The van der Waals surface area contributed by atoms with Crippen molar-refractivity contribution in [2.75, 3.05) is 0 Å². The molecule has 1 saturated heterocycles. The number of hydrogen-bond acceptors (Lipinski definition) is 7. The van der Waals surface area contributed by atoms with E-state index in [-0.39, 0.29) is 0 Å². The SMILES string of the molecule is CC(OP(=O)(O)O)[C@H]1O[C@@H](n2ccc(=O)[nH]c2=O)[C@H](O)[C@@H]1O. The molecule has 124 valence electrons. The van der Waals surface area contributed by atoms with Crippen LogP contribution in [0.4, 0.5) is 0 Å². The van der Waals surface area contributed by atoms with E-state index in [0.29, 0.717) is 0 Å². The third-order valence-corrected chi connectivity index (χ3v) is 3.77. The van der Waals surface area contributed by atoms with Gasteiger partial charge in [-0.15, -0.1) is 0 Å². The summed E-state index contributed by atoms with van der Waals surface area (Å²) in [6.45, 7) is 1.23. The van der Waals surface area contributed by atoms with Crippen molar-refractivity contribution in [1.82, 2.24) is 9.55 Å². The topological polar surface area (TPSA) is 171 Å². The Kier molecular flexibility index (Phi) is 4.68. The molecule has 22 heavy (non-hydrogen) atoms. The molecule has 1 fully saturated rings. The maximum atomic E-state index is 11.7. The number of ether oxygens (including phenoxy) is 1. The number of H-pyrrole nitrogens is 1. The quantitative estimate of drug-likeness (QED) is 0.377.